The molecule has 3 rings (SSSR count). The molecule has 4 nitrogen and oxygen atoms in total. The Bertz CT molecular complexity index is 862. The minimum Gasteiger partial charge on any atom is -0.346 e. The zero-order valence-corrected chi connectivity index (χ0v) is 16.8. The van der Waals surface area contributed by atoms with Crippen molar-refractivity contribution in [2.24, 2.45) is 0 Å². The van der Waals surface area contributed by atoms with Crippen LogP contribution >= 0.6 is 27.3 Å². The third-order valence-corrected chi connectivity index (χ3v) is 6.29. The minimum atomic E-state index is -2.94. The first-order valence-electron chi connectivity index (χ1n) is 7.91. The van der Waals surface area contributed by atoms with Gasteiger partial charge >= 0.3 is 0 Å². The molecule has 0 saturated carbocycles. The first-order chi connectivity index (χ1) is 12.0. The summed E-state index contributed by atoms with van der Waals surface area (Å²) in [6.07, 6.45) is 0. The van der Waals surface area contributed by atoms with Gasteiger partial charge in [-0.25, -0.2) is 8.78 Å². The van der Waals surface area contributed by atoms with Crippen LogP contribution in [0.3, 0.4) is 0 Å². The number of hydrogen-bond donors (Lipinski definition) is 2. The average Bonchev–Trinajstić information content (AvgIpc) is 3.00. The van der Waals surface area contributed by atoms with E-state index in [1.807, 2.05) is 18.4 Å². The fourth-order valence-corrected chi connectivity index (χ4v) is 4.49. The number of carbonyl (C=O) groups excluding carboxylic acids is 1. The molecule has 1 saturated heterocycles. The summed E-state index contributed by atoms with van der Waals surface area (Å²) >= 11 is 4.92. The molecular formula is C18H18BrF2N3OS. The number of carbonyl (C=O) groups is 1. The van der Waals surface area contributed by atoms with E-state index in [4.69, 9.17) is 5.41 Å². The van der Waals surface area contributed by atoms with Gasteiger partial charge in [-0.05, 0) is 45.4 Å². The van der Waals surface area contributed by atoms with Crippen molar-refractivity contribution < 1.29 is 13.6 Å². The number of alkyl halides is 2. The van der Waals surface area contributed by atoms with Crippen molar-refractivity contribution in [1.29, 1.82) is 5.41 Å². The number of guanidine groups is 1. The van der Waals surface area contributed by atoms with Gasteiger partial charge in [0, 0.05) is 19.5 Å². The zero-order valence-electron chi connectivity index (χ0n) is 14.4. The van der Waals surface area contributed by atoms with Crippen molar-refractivity contribution in [3.05, 3.63) is 56.2 Å². The fraction of sp³-hybridized carbons (Fsp3) is 0.333. The molecule has 2 N–H and O–H groups in total. The Labute approximate surface area is 162 Å². The second-order valence-corrected chi connectivity index (χ2v) is 8.95. The van der Waals surface area contributed by atoms with Crippen LogP contribution in [-0.2, 0) is 16.3 Å². The second kappa shape index (κ2) is 6.42. The molecule has 0 aliphatic carbocycles. The summed E-state index contributed by atoms with van der Waals surface area (Å²) < 4.78 is 27.9. The minimum absolute atomic E-state index is 0.00721. The van der Waals surface area contributed by atoms with Gasteiger partial charge in [0.15, 0.2) is 5.96 Å². The number of nitrogens with zero attached hydrogens (tertiary/aromatic N) is 1. The maximum absolute atomic E-state index is 13.5. The topological polar surface area (TPSA) is 56.2 Å². The molecular weight excluding hydrogens is 424 g/mol. The van der Waals surface area contributed by atoms with Crippen molar-refractivity contribution in [3.8, 4) is 0 Å². The van der Waals surface area contributed by atoms with E-state index in [-0.39, 0.29) is 17.4 Å². The molecule has 1 fully saturated rings. The molecule has 2 aromatic rings. The van der Waals surface area contributed by atoms with Crippen LogP contribution in [0.15, 0.2) is 39.5 Å². The molecule has 2 atom stereocenters. The van der Waals surface area contributed by atoms with Crippen LogP contribution in [0.1, 0.15) is 36.5 Å². The summed E-state index contributed by atoms with van der Waals surface area (Å²) in [5.41, 5.74) is 0.521. The van der Waals surface area contributed by atoms with Crippen molar-refractivity contribution in [3.63, 3.8) is 0 Å². The molecule has 26 heavy (non-hydrogen) atoms. The summed E-state index contributed by atoms with van der Waals surface area (Å²) in [6, 6.07) is 7.75. The summed E-state index contributed by atoms with van der Waals surface area (Å²) in [6.45, 7) is 2.70. The lowest BCUT2D eigenvalue weighted by atomic mass is 9.74. The van der Waals surface area contributed by atoms with Crippen LogP contribution in [0, 0.1) is 5.41 Å². The van der Waals surface area contributed by atoms with Gasteiger partial charge in [-0.3, -0.25) is 15.1 Å². The number of hydrogen-bond acceptors (Lipinski definition) is 3. The number of nitrogens with one attached hydrogen (secondary N) is 2. The zero-order chi connectivity index (χ0) is 19.3. The van der Waals surface area contributed by atoms with Crippen molar-refractivity contribution in [2.45, 2.75) is 31.2 Å². The van der Waals surface area contributed by atoms with E-state index in [9.17, 15) is 13.6 Å². The number of amides is 1. The average molecular weight is 442 g/mol. The highest BCUT2D eigenvalue weighted by atomic mass is 79.9. The quantitative estimate of drug-likeness (QED) is 0.729. The van der Waals surface area contributed by atoms with E-state index in [1.54, 1.807) is 12.1 Å². The van der Waals surface area contributed by atoms with Crippen LogP contribution < -0.4 is 5.32 Å². The SMILES string of the molecule is CN1C(=N)N[C@](C)(c2csc(Br)c2)C(c2ccc(C(C)(F)F)cc2)C1=O. The third-order valence-electron chi connectivity index (χ3n) is 4.79. The van der Waals surface area contributed by atoms with Crippen molar-refractivity contribution >= 4 is 39.1 Å². The largest absolute Gasteiger partial charge is 0.346 e. The Morgan fingerprint density at radius 3 is 2.46 bits per heavy atom. The van der Waals surface area contributed by atoms with E-state index in [1.165, 1.54) is 35.4 Å². The first kappa shape index (κ1) is 19.0. The molecule has 1 aliphatic rings. The highest BCUT2D eigenvalue weighted by Gasteiger charge is 2.48. The van der Waals surface area contributed by atoms with Crippen LogP contribution in [0.2, 0.25) is 0 Å². The standard InChI is InChI=1S/C18H18BrF2N3OS/c1-17(12-8-13(19)26-9-12)14(15(25)24(3)16(22)23-17)10-4-6-11(7-5-10)18(2,20)21/h4-9,14H,1-3H3,(H2,22,23)/t14?,17-/m1/s1. The number of benzene rings is 1. The van der Waals surface area contributed by atoms with E-state index >= 15 is 0 Å². The van der Waals surface area contributed by atoms with Crippen LogP contribution in [0.25, 0.3) is 0 Å². The summed E-state index contributed by atoms with van der Waals surface area (Å²) in [4.78, 5) is 14.2. The maximum atomic E-state index is 13.5. The highest BCUT2D eigenvalue weighted by Crippen LogP contribution is 2.43. The predicted octanol–water partition coefficient (Wildman–Crippen LogP) is 4.62. The van der Waals surface area contributed by atoms with E-state index in [0.717, 1.165) is 16.3 Å². The first-order valence-corrected chi connectivity index (χ1v) is 9.58. The van der Waals surface area contributed by atoms with Gasteiger partial charge < -0.3 is 5.32 Å². The second-order valence-electron chi connectivity index (χ2n) is 6.66. The van der Waals surface area contributed by atoms with Crippen molar-refractivity contribution in [2.75, 3.05) is 7.05 Å². The molecule has 2 heterocycles. The van der Waals surface area contributed by atoms with Crippen LogP contribution in [-0.4, -0.2) is 23.8 Å². The van der Waals surface area contributed by atoms with Gasteiger partial charge in [-0.1, -0.05) is 24.3 Å². The summed E-state index contributed by atoms with van der Waals surface area (Å²) in [5, 5.41) is 13.1. The van der Waals surface area contributed by atoms with E-state index < -0.39 is 17.4 Å². The maximum Gasteiger partial charge on any atom is 0.270 e. The van der Waals surface area contributed by atoms with E-state index in [2.05, 4.69) is 21.2 Å². The lowest BCUT2D eigenvalue weighted by molar-refractivity contribution is -0.131. The van der Waals surface area contributed by atoms with Gasteiger partial charge in [0.1, 0.15) is 0 Å². The number of halogens is 3. The lowest BCUT2D eigenvalue weighted by Crippen LogP contribution is -2.62. The Kier molecular flexibility index (Phi) is 4.69. The molecule has 1 unspecified atom stereocenters. The molecule has 8 heteroatoms. The van der Waals surface area contributed by atoms with Gasteiger partial charge in [0.25, 0.3) is 5.92 Å². The van der Waals surface area contributed by atoms with Gasteiger partial charge in [-0.2, -0.15) is 0 Å². The molecule has 1 aromatic carbocycles. The Hall–Kier alpha value is -1.80. The number of likely N-dealkylation sites (N-methyl/N-ethyl adjacent to an activating group) is 1. The molecule has 1 aliphatic heterocycles. The molecule has 1 aromatic heterocycles. The van der Waals surface area contributed by atoms with Gasteiger partial charge in [-0.15, -0.1) is 11.3 Å². The number of thiophene rings is 1. The number of rotatable bonds is 3. The molecule has 0 radical (unpaired) electrons. The molecule has 138 valence electrons. The Morgan fingerprint density at radius 2 is 1.96 bits per heavy atom. The summed E-state index contributed by atoms with van der Waals surface area (Å²) in [5.74, 6) is -3.83. The predicted molar refractivity (Wildman–Crippen MR) is 102 cm³/mol. The molecule has 0 bridgehead atoms. The normalized spacial score (nSPS) is 23.9. The summed E-state index contributed by atoms with van der Waals surface area (Å²) in [7, 11) is 1.53. The Morgan fingerprint density at radius 1 is 1.35 bits per heavy atom. The smallest absolute Gasteiger partial charge is 0.270 e. The molecule has 0 spiro atoms. The Balaban J connectivity index is 2.10. The third kappa shape index (κ3) is 3.16. The van der Waals surface area contributed by atoms with E-state index in [0.29, 0.717) is 5.56 Å². The highest BCUT2D eigenvalue weighted by molar-refractivity contribution is 9.11. The van der Waals surface area contributed by atoms with Crippen molar-refractivity contribution in [1.82, 2.24) is 10.2 Å². The van der Waals surface area contributed by atoms with Gasteiger partial charge in [0.2, 0.25) is 5.91 Å². The fourth-order valence-electron chi connectivity index (χ4n) is 3.22. The monoisotopic (exact) mass is 441 g/mol. The van der Waals surface area contributed by atoms with Crippen LogP contribution in [0.4, 0.5) is 8.78 Å². The van der Waals surface area contributed by atoms with Crippen LogP contribution in [0.5, 0.6) is 0 Å². The van der Waals surface area contributed by atoms with Gasteiger partial charge in [0.05, 0.1) is 15.2 Å². The molecule has 1 amide bonds. The lowest BCUT2D eigenvalue weighted by Gasteiger charge is -2.45.